The van der Waals surface area contributed by atoms with E-state index < -0.39 is 5.60 Å². The molecule has 12 rings (SSSR count). The fourth-order valence-electron chi connectivity index (χ4n) is 8.97. The van der Waals surface area contributed by atoms with Gasteiger partial charge in [0.2, 0.25) is 0 Å². The number of fused-ring (bicyclic) bond motifs is 4. The summed E-state index contributed by atoms with van der Waals surface area (Å²) in [7, 11) is 0. The molecule has 1 amide bonds. The van der Waals surface area contributed by atoms with E-state index in [1.807, 2.05) is 112 Å². The molecule has 20 heteroatoms. The van der Waals surface area contributed by atoms with E-state index in [1.165, 1.54) is 12.7 Å². The predicted octanol–water partition coefficient (Wildman–Crippen LogP) is 9.09. The van der Waals surface area contributed by atoms with Crippen LogP contribution in [0.2, 0.25) is 0 Å². The van der Waals surface area contributed by atoms with Gasteiger partial charge in [0, 0.05) is 48.7 Å². The molecule has 10 aromatic rings. The number of carbonyl (C=O) groups excluding carboxylic acids is 1. The van der Waals surface area contributed by atoms with Gasteiger partial charge in [-0.15, -0.1) is 0 Å². The lowest BCUT2D eigenvalue weighted by molar-refractivity contribution is 0.000108. The van der Waals surface area contributed by atoms with Crippen molar-refractivity contribution in [2.75, 3.05) is 48.3 Å². The first-order valence-electron chi connectivity index (χ1n) is 23.3. The Labute approximate surface area is 406 Å². The highest BCUT2D eigenvalue weighted by molar-refractivity contribution is 5.99. The third kappa shape index (κ3) is 8.62. The average Bonchev–Trinajstić information content (AvgIpc) is 4.07. The molecule has 0 bridgehead atoms. The minimum Gasteiger partial charge on any atom is -0.444 e. The number of amides is 1. The molecule has 0 spiro atoms. The van der Waals surface area contributed by atoms with Crippen molar-refractivity contribution in [3.8, 4) is 22.5 Å². The van der Waals surface area contributed by atoms with Crippen molar-refractivity contribution in [3.63, 3.8) is 0 Å². The van der Waals surface area contributed by atoms with Crippen molar-refractivity contribution in [2.45, 2.75) is 66.2 Å². The van der Waals surface area contributed by atoms with Crippen molar-refractivity contribution in [2.24, 2.45) is 0 Å². The summed E-state index contributed by atoms with van der Waals surface area (Å²) in [5.41, 5.74) is 25.9. The van der Waals surface area contributed by atoms with Gasteiger partial charge >= 0.3 is 6.09 Å². The molecule has 0 saturated carbocycles. The monoisotopic (exact) mass is 952 g/mol. The molecule has 7 N–H and O–H groups in total. The third-order valence-corrected chi connectivity index (χ3v) is 12.5. The van der Waals surface area contributed by atoms with Crippen LogP contribution in [0.1, 0.15) is 55.1 Å². The van der Waals surface area contributed by atoms with E-state index in [0.717, 1.165) is 96.8 Å². The highest BCUT2D eigenvalue weighted by Gasteiger charge is 2.37. The largest absolute Gasteiger partial charge is 0.444 e. The summed E-state index contributed by atoms with van der Waals surface area (Å²) in [4.78, 5) is 40.5. The lowest BCUT2D eigenvalue weighted by Gasteiger charge is -2.39. The van der Waals surface area contributed by atoms with Gasteiger partial charge in [-0.1, -0.05) is 36.4 Å². The highest BCUT2D eigenvalue weighted by atomic mass is 16.6. The van der Waals surface area contributed by atoms with Gasteiger partial charge in [-0.2, -0.15) is 20.2 Å². The summed E-state index contributed by atoms with van der Waals surface area (Å²) in [6, 6.07) is 25.0. The number of oxazole rings is 2. The van der Waals surface area contributed by atoms with E-state index in [4.69, 9.17) is 35.2 Å². The lowest BCUT2D eigenvalue weighted by atomic mass is 10.1. The normalized spacial score (nSPS) is 14.2. The molecule has 360 valence electrons. The van der Waals surface area contributed by atoms with Crippen LogP contribution >= 0.6 is 0 Å². The molecule has 2 aliphatic rings. The number of ether oxygens (including phenoxy) is 1. The zero-order chi connectivity index (χ0) is 49.3. The quantitative estimate of drug-likeness (QED) is 0.0951. The van der Waals surface area contributed by atoms with Gasteiger partial charge in [0.15, 0.2) is 22.5 Å². The van der Waals surface area contributed by atoms with E-state index in [2.05, 4.69) is 64.9 Å². The molecule has 4 aromatic carbocycles. The second-order valence-corrected chi connectivity index (χ2v) is 19.2. The number of nitrogens with one attached hydrogen (secondary N) is 3. The van der Waals surface area contributed by atoms with Gasteiger partial charge in [0.25, 0.3) is 12.0 Å². The molecule has 2 aliphatic heterocycles. The van der Waals surface area contributed by atoms with Crippen LogP contribution in [-0.2, 0) is 4.74 Å². The second kappa shape index (κ2) is 17.4. The molecule has 0 radical (unpaired) electrons. The summed E-state index contributed by atoms with van der Waals surface area (Å²) < 4.78 is 21.1. The number of hydrogen-bond acceptors (Lipinski definition) is 17. The molecular weight excluding hydrogens is 901 g/mol. The van der Waals surface area contributed by atoms with Gasteiger partial charge in [-0.25, -0.2) is 34.1 Å². The Morgan fingerprint density at radius 2 is 1.11 bits per heavy atom. The molecule has 8 heterocycles. The third-order valence-electron chi connectivity index (χ3n) is 12.5. The minimum atomic E-state index is -0.547. The van der Waals surface area contributed by atoms with Crippen molar-refractivity contribution in [1.29, 1.82) is 0 Å². The molecule has 0 atom stereocenters. The molecule has 2 saturated heterocycles. The minimum absolute atomic E-state index is 0.0461. The lowest BCUT2D eigenvalue weighted by Crippen LogP contribution is -2.52. The number of aromatic nitrogens is 10. The number of nitrogens with zero attached hydrogens (tertiary/aromatic N) is 11. The van der Waals surface area contributed by atoms with Crippen LogP contribution in [0.3, 0.4) is 0 Å². The molecule has 20 nitrogen and oxygen atoms in total. The topological polar surface area (TPSA) is 257 Å². The van der Waals surface area contributed by atoms with Crippen LogP contribution in [0.5, 0.6) is 0 Å². The zero-order valence-corrected chi connectivity index (χ0v) is 40.3. The van der Waals surface area contributed by atoms with Crippen LogP contribution in [-0.4, -0.2) is 92.2 Å². The summed E-state index contributed by atoms with van der Waals surface area (Å²) in [5, 5.41) is 20.9. The number of hydrogen-bond donors (Lipinski definition) is 5. The Balaban J connectivity index is 0.000000157. The van der Waals surface area contributed by atoms with Crippen LogP contribution in [0.4, 0.5) is 39.8 Å². The molecular formula is C51H52N16O4. The maximum atomic E-state index is 12.4. The molecule has 0 unspecified atom stereocenters. The van der Waals surface area contributed by atoms with Crippen molar-refractivity contribution in [3.05, 3.63) is 108 Å². The number of rotatable bonds is 8. The first-order chi connectivity index (χ1) is 34.1. The first-order valence-corrected chi connectivity index (χ1v) is 23.3. The van der Waals surface area contributed by atoms with Crippen molar-refractivity contribution >= 4 is 85.4 Å². The number of nitrogen functional groups attached to an aromatic ring is 2. The van der Waals surface area contributed by atoms with E-state index in [1.54, 1.807) is 4.90 Å². The van der Waals surface area contributed by atoms with E-state index in [0.29, 0.717) is 53.5 Å². The Hall–Kier alpha value is -8.65. The van der Waals surface area contributed by atoms with Crippen LogP contribution in [0.25, 0.3) is 66.8 Å². The van der Waals surface area contributed by atoms with E-state index in [9.17, 15) is 4.79 Å². The predicted molar refractivity (Wildman–Crippen MR) is 273 cm³/mol. The van der Waals surface area contributed by atoms with E-state index >= 15 is 0 Å². The Morgan fingerprint density at radius 1 is 0.662 bits per heavy atom. The molecule has 2 fully saturated rings. The van der Waals surface area contributed by atoms with Gasteiger partial charge in [0.1, 0.15) is 52.3 Å². The zero-order valence-electron chi connectivity index (χ0n) is 40.3. The number of anilines is 6. The van der Waals surface area contributed by atoms with Crippen molar-refractivity contribution in [1.82, 2.24) is 59.7 Å². The van der Waals surface area contributed by atoms with Gasteiger partial charge in [-0.05, 0) is 107 Å². The number of carbonyl (C=O) groups is 1. The smallest absolute Gasteiger partial charge is 0.410 e. The SMILES string of the molecule is Cc1cc(C)c2oc(Nc3ccc(-c4nn(C5CN(C(=O)OC(C)(C)C)C5)c5ncnc(N)c45)cc3)nc2c1.Cc1cc(C)c2oc(Nc3ccc(-c4nn(C5CNC5)c5ncnc(N)c45)cc3)nc2c1. The maximum Gasteiger partial charge on any atom is 0.410 e. The van der Waals surface area contributed by atoms with Crippen LogP contribution in [0, 0.1) is 27.7 Å². The molecule has 71 heavy (non-hydrogen) atoms. The Morgan fingerprint density at radius 3 is 1.54 bits per heavy atom. The van der Waals surface area contributed by atoms with E-state index in [-0.39, 0.29) is 18.2 Å². The second-order valence-electron chi connectivity index (χ2n) is 19.2. The molecule has 6 aromatic heterocycles. The van der Waals surface area contributed by atoms with Gasteiger partial charge in [-0.3, -0.25) is 0 Å². The van der Waals surface area contributed by atoms with Gasteiger partial charge in [0.05, 0.1) is 22.9 Å². The molecule has 0 aliphatic carbocycles. The summed E-state index contributed by atoms with van der Waals surface area (Å²) >= 11 is 0. The summed E-state index contributed by atoms with van der Waals surface area (Å²) in [6.45, 7) is 16.4. The number of benzene rings is 4. The first kappa shape index (κ1) is 44.8. The van der Waals surface area contributed by atoms with Gasteiger partial charge < -0.3 is 45.9 Å². The van der Waals surface area contributed by atoms with Crippen molar-refractivity contribution < 1.29 is 18.4 Å². The Kier molecular flexibility index (Phi) is 11.0. The summed E-state index contributed by atoms with van der Waals surface area (Å²) in [5.74, 6) is 0.784. The Bertz CT molecular complexity index is 3650. The summed E-state index contributed by atoms with van der Waals surface area (Å²) in [6.07, 6.45) is 2.58. The fourth-order valence-corrected chi connectivity index (χ4v) is 8.97. The number of nitrogens with two attached hydrogens (primary N) is 2. The number of aryl methyl sites for hydroxylation is 4. The average molecular weight is 953 g/mol. The highest BCUT2D eigenvalue weighted by Crippen LogP contribution is 2.37. The maximum absolute atomic E-state index is 12.4. The standard InChI is InChI=1S/C28H30N8O3.C23H22N8O/c1-15-10-16(2)23-20(11-15)33-26(38-23)32-18-8-6-17(7-9-18)22-21-24(29)30-14-31-25(21)36(34-22)19-12-35(13-19)27(37)39-28(3,4)5;1-12-7-13(2)20-17(8-12)29-23(32-20)28-15-5-3-14(4-6-15)19-18-21(24)26-11-27-22(18)31(30-19)16-9-25-10-16/h6-11,14,19H,12-13H2,1-5H3,(H,32,33)(H2,29,30,31);3-8,11,16,25H,9-10H2,1-2H3,(H,28,29)(H2,24,26,27). The fraction of sp³-hybridized carbons (Fsp3) is 0.275. The van der Waals surface area contributed by atoms with Crippen LogP contribution < -0.4 is 27.4 Å². The number of likely N-dealkylation sites (tertiary alicyclic amines) is 1. The van der Waals surface area contributed by atoms with Crippen LogP contribution in [0.15, 0.2) is 94.3 Å².